The van der Waals surface area contributed by atoms with Crippen molar-refractivity contribution in [2.45, 2.75) is 52.1 Å². The summed E-state index contributed by atoms with van der Waals surface area (Å²) in [6.07, 6.45) is 5.34. The number of fused-ring (bicyclic) bond motifs is 1. The third-order valence-corrected chi connectivity index (χ3v) is 5.73. The third kappa shape index (κ3) is 4.87. The first-order chi connectivity index (χ1) is 15.2. The molecule has 0 saturated carbocycles. The molecule has 0 radical (unpaired) electrons. The minimum absolute atomic E-state index is 0.208. The number of rotatable bonds is 6. The number of nitrogens with one attached hydrogen (secondary N) is 1. The maximum absolute atomic E-state index is 13.3. The first kappa shape index (κ1) is 20.9. The molecule has 2 aromatic carbocycles. The normalized spacial score (nSPS) is 13.2. The zero-order valence-electron chi connectivity index (χ0n) is 18.2. The highest BCUT2D eigenvalue weighted by molar-refractivity contribution is 6.01. The van der Waals surface area contributed by atoms with Gasteiger partial charge < -0.3 is 14.6 Å². The number of ether oxygens (including phenoxy) is 1. The summed E-state index contributed by atoms with van der Waals surface area (Å²) in [6, 6.07) is 15.2. The number of urea groups is 1. The number of amides is 2. The molecule has 3 aromatic rings. The van der Waals surface area contributed by atoms with Crippen LogP contribution in [0, 0.1) is 0 Å². The van der Waals surface area contributed by atoms with Gasteiger partial charge in [-0.1, -0.05) is 25.5 Å². The van der Waals surface area contributed by atoms with E-state index < -0.39 is 0 Å². The Bertz CT molecular complexity index is 1010. The maximum Gasteiger partial charge on any atom is 0.326 e. The first-order valence-corrected chi connectivity index (χ1v) is 10.9. The summed E-state index contributed by atoms with van der Waals surface area (Å²) in [5, 5.41) is 11.8. The monoisotopic (exact) mass is 419 g/mol. The Morgan fingerprint density at radius 2 is 1.84 bits per heavy atom. The number of methoxy groups -OCH3 is 1. The SMILES string of the molecule is CCc1ccc(N(Cc2nnc3n2CCCCC3)C(=O)Nc2ccc(OC)cc2)cc1. The number of hydrogen-bond donors (Lipinski definition) is 1. The van der Waals surface area contributed by atoms with Gasteiger partial charge in [0.15, 0.2) is 5.82 Å². The molecule has 1 aromatic heterocycles. The highest BCUT2D eigenvalue weighted by Gasteiger charge is 2.22. The fraction of sp³-hybridized carbons (Fsp3) is 0.375. The Morgan fingerprint density at radius 1 is 1.06 bits per heavy atom. The zero-order chi connectivity index (χ0) is 21.6. The van der Waals surface area contributed by atoms with Crippen LogP contribution in [0.2, 0.25) is 0 Å². The van der Waals surface area contributed by atoms with Crippen molar-refractivity contribution >= 4 is 17.4 Å². The fourth-order valence-electron chi connectivity index (χ4n) is 3.86. The van der Waals surface area contributed by atoms with Crippen molar-refractivity contribution in [3.63, 3.8) is 0 Å². The molecule has 1 N–H and O–H groups in total. The van der Waals surface area contributed by atoms with Gasteiger partial charge in [-0.05, 0) is 61.2 Å². The van der Waals surface area contributed by atoms with Crippen LogP contribution in [0.15, 0.2) is 48.5 Å². The maximum atomic E-state index is 13.3. The second-order valence-corrected chi connectivity index (χ2v) is 7.76. The van der Waals surface area contributed by atoms with Gasteiger partial charge in [-0.3, -0.25) is 4.90 Å². The molecule has 0 bridgehead atoms. The minimum Gasteiger partial charge on any atom is -0.497 e. The van der Waals surface area contributed by atoms with Crippen LogP contribution in [0.3, 0.4) is 0 Å². The van der Waals surface area contributed by atoms with Gasteiger partial charge in [0.1, 0.15) is 11.6 Å². The van der Waals surface area contributed by atoms with E-state index in [0.717, 1.165) is 55.3 Å². The highest BCUT2D eigenvalue weighted by Crippen LogP contribution is 2.23. The van der Waals surface area contributed by atoms with E-state index in [1.807, 2.05) is 36.4 Å². The molecule has 31 heavy (non-hydrogen) atoms. The van der Waals surface area contributed by atoms with Crippen molar-refractivity contribution < 1.29 is 9.53 Å². The van der Waals surface area contributed by atoms with Gasteiger partial charge in [0, 0.05) is 24.3 Å². The van der Waals surface area contributed by atoms with Crippen LogP contribution in [0.4, 0.5) is 16.2 Å². The Labute approximate surface area is 183 Å². The Morgan fingerprint density at radius 3 is 2.55 bits per heavy atom. The number of carbonyl (C=O) groups excluding carboxylic acids is 1. The average molecular weight is 420 g/mol. The molecule has 2 amide bonds. The summed E-state index contributed by atoms with van der Waals surface area (Å²) in [5.74, 6) is 2.59. The van der Waals surface area contributed by atoms with Crippen molar-refractivity contribution in [1.82, 2.24) is 14.8 Å². The van der Waals surface area contributed by atoms with E-state index in [4.69, 9.17) is 4.74 Å². The van der Waals surface area contributed by atoms with Crippen LogP contribution in [-0.2, 0) is 25.9 Å². The van der Waals surface area contributed by atoms with Gasteiger partial charge in [0.2, 0.25) is 0 Å². The number of nitrogens with zero attached hydrogens (tertiary/aromatic N) is 4. The molecule has 0 unspecified atom stereocenters. The molecule has 2 heterocycles. The van der Waals surface area contributed by atoms with E-state index in [9.17, 15) is 4.79 Å². The molecule has 0 spiro atoms. The predicted octanol–water partition coefficient (Wildman–Crippen LogP) is 4.81. The Hall–Kier alpha value is -3.35. The summed E-state index contributed by atoms with van der Waals surface area (Å²) in [4.78, 5) is 15.0. The van der Waals surface area contributed by atoms with Gasteiger partial charge in [-0.25, -0.2) is 4.79 Å². The van der Waals surface area contributed by atoms with Crippen LogP contribution in [0.5, 0.6) is 5.75 Å². The van der Waals surface area contributed by atoms with Crippen LogP contribution in [-0.4, -0.2) is 27.9 Å². The van der Waals surface area contributed by atoms with Crippen LogP contribution >= 0.6 is 0 Å². The molecule has 7 nitrogen and oxygen atoms in total. The lowest BCUT2D eigenvalue weighted by Gasteiger charge is -2.23. The lowest BCUT2D eigenvalue weighted by molar-refractivity contribution is 0.256. The molecular weight excluding hydrogens is 390 g/mol. The van der Waals surface area contributed by atoms with Crippen LogP contribution in [0.1, 0.15) is 43.4 Å². The van der Waals surface area contributed by atoms with Crippen molar-refractivity contribution in [3.8, 4) is 5.75 Å². The number of anilines is 2. The van der Waals surface area contributed by atoms with E-state index in [-0.39, 0.29) is 6.03 Å². The summed E-state index contributed by atoms with van der Waals surface area (Å²) in [6.45, 7) is 3.38. The van der Waals surface area contributed by atoms with E-state index in [0.29, 0.717) is 12.2 Å². The number of aryl methyl sites for hydroxylation is 2. The quantitative estimate of drug-likeness (QED) is 0.622. The average Bonchev–Trinajstić information content (AvgIpc) is 3.03. The molecule has 7 heteroatoms. The lowest BCUT2D eigenvalue weighted by atomic mass is 10.1. The molecule has 4 rings (SSSR count). The third-order valence-electron chi connectivity index (χ3n) is 5.73. The van der Waals surface area contributed by atoms with Crippen LogP contribution in [0.25, 0.3) is 0 Å². The van der Waals surface area contributed by atoms with E-state index in [1.54, 1.807) is 12.0 Å². The van der Waals surface area contributed by atoms with Gasteiger partial charge in [0.05, 0.1) is 13.7 Å². The minimum atomic E-state index is -0.208. The first-order valence-electron chi connectivity index (χ1n) is 10.9. The van der Waals surface area contributed by atoms with Crippen molar-refractivity contribution in [2.24, 2.45) is 0 Å². The fourth-order valence-corrected chi connectivity index (χ4v) is 3.86. The van der Waals surface area contributed by atoms with Gasteiger partial charge in [-0.2, -0.15) is 0 Å². The number of aromatic nitrogens is 3. The smallest absolute Gasteiger partial charge is 0.326 e. The lowest BCUT2D eigenvalue weighted by Crippen LogP contribution is -2.35. The van der Waals surface area contributed by atoms with Crippen LogP contribution < -0.4 is 15.0 Å². The standard InChI is InChI=1S/C24H29N5O2/c1-3-18-8-12-20(13-9-18)29(24(30)25-19-10-14-21(31-2)15-11-19)17-23-27-26-22-7-5-4-6-16-28(22)23/h8-15H,3-7,16-17H2,1-2H3,(H,25,30). The molecular formula is C24H29N5O2. The van der Waals surface area contributed by atoms with E-state index in [2.05, 4.69) is 39.1 Å². The van der Waals surface area contributed by atoms with E-state index in [1.165, 1.54) is 12.0 Å². The second-order valence-electron chi connectivity index (χ2n) is 7.76. The summed E-state index contributed by atoms with van der Waals surface area (Å²) < 4.78 is 7.39. The van der Waals surface area contributed by atoms with Crippen molar-refractivity contribution in [3.05, 3.63) is 65.7 Å². The summed E-state index contributed by atoms with van der Waals surface area (Å²) in [5.41, 5.74) is 2.77. The number of carbonyl (C=O) groups is 1. The molecule has 0 fully saturated rings. The molecule has 162 valence electrons. The highest BCUT2D eigenvalue weighted by atomic mass is 16.5. The topological polar surface area (TPSA) is 72.3 Å². The molecule has 1 aliphatic rings. The van der Waals surface area contributed by atoms with Crippen molar-refractivity contribution in [1.29, 1.82) is 0 Å². The molecule has 1 aliphatic heterocycles. The van der Waals surface area contributed by atoms with E-state index >= 15 is 0 Å². The Balaban J connectivity index is 1.60. The predicted molar refractivity (Wildman–Crippen MR) is 122 cm³/mol. The van der Waals surface area contributed by atoms with Crippen molar-refractivity contribution in [2.75, 3.05) is 17.3 Å². The van der Waals surface area contributed by atoms with Gasteiger partial charge >= 0.3 is 6.03 Å². The number of hydrogen-bond acceptors (Lipinski definition) is 4. The molecule has 0 saturated heterocycles. The number of benzene rings is 2. The largest absolute Gasteiger partial charge is 0.497 e. The summed E-state index contributed by atoms with van der Waals surface area (Å²) >= 11 is 0. The second kappa shape index (κ2) is 9.64. The summed E-state index contributed by atoms with van der Waals surface area (Å²) in [7, 11) is 1.62. The Kier molecular flexibility index (Phi) is 6.50. The molecule has 0 atom stereocenters. The van der Waals surface area contributed by atoms with Gasteiger partial charge in [-0.15, -0.1) is 10.2 Å². The van der Waals surface area contributed by atoms with Gasteiger partial charge in [0.25, 0.3) is 0 Å². The molecule has 0 aliphatic carbocycles. The zero-order valence-corrected chi connectivity index (χ0v) is 18.2.